The van der Waals surface area contributed by atoms with Gasteiger partial charge in [-0.3, -0.25) is 14.4 Å². The van der Waals surface area contributed by atoms with Gasteiger partial charge in [0.05, 0.1) is 5.56 Å². The molecule has 1 heterocycles. The number of hydrogen-bond donors (Lipinski definition) is 0. The molecule has 2 fully saturated rings. The number of hydrogen-bond acceptors (Lipinski definition) is 3. The third-order valence-electron chi connectivity index (χ3n) is 5.24. The minimum atomic E-state index is -0.151. The molecule has 138 valence electrons. The van der Waals surface area contributed by atoms with E-state index in [2.05, 4.69) is 0 Å². The first kappa shape index (κ1) is 17.5. The van der Waals surface area contributed by atoms with Crippen LogP contribution in [0.25, 0.3) is 0 Å². The first-order valence-electron chi connectivity index (χ1n) is 9.42. The molecule has 1 aliphatic heterocycles. The standard InChI is InChI=1S/C22H22N2O3/c25-20(16-6-2-1-3-7-16)18-8-4-5-9-19(18)22(27)24-14-12-23(13-15-24)21(26)17-10-11-17/h1-9,17H,10-15H2. The summed E-state index contributed by atoms with van der Waals surface area (Å²) in [7, 11) is 0. The van der Waals surface area contributed by atoms with E-state index in [1.165, 1.54) is 0 Å². The second-order valence-corrected chi connectivity index (χ2v) is 7.13. The fraction of sp³-hybridized carbons (Fsp3) is 0.318. The lowest BCUT2D eigenvalue weighted by molar-refractivity contribution is -0.134. The van der Waals surface area contributed by atoms with Crippen LogP contribution < -0.4 is 0 Å². The van der Waals surface area contributed by atoms with Gasteiger partial charge in [-0.1, -0.05) is 48.5 Å². The Morgan fingerprint density at radius 1 is 0.704 bits per heavy atom. The Hall–Kier alpha value is -2.95. The molecule has 1 aliphatic carbocycles. The van der Waals surface area contributed by atoms with Crippen LogP contribution in [0, 0.1) is 5.92 Å². The minimum absolute atomic E-state index is 0.145. The molecule has 4 rings (SSSR count). The zero-order valence-electron chi connectivity index (χ0n) is 15.1. The van der Waals surface area contributed by atoms with Gasteiger partial charge in [-0.2, -0.15) is 0 Å². The van der Waals surface area contributed by atoms with Crippen LogP contribution in [0.15, 0.2) is 54.6 Å². The van der Waals surface area contributed by atoms with Crippen LogP contribution in [0.5, 0.6) is 0 Å². The molecule has 5 nitrogen and oxygen atoms in total. The van der Waals surface area contributed by atoms with Crippen LogP contribution in [0.3, 0.4) is 0 Å². The summed E-state index contributed by atoms with van der Waals surface area (Å²) in [6.45, 7) is 2.14. The number of nitrogens with zero attached hydrogens (tertiary/aromatic N) is 2. The fourth-order valence-corrected chi connectivity index (χ4v) is 3.50. The van der Waals surface area contributed by atoms with Crippen LogP contribution in [0.4, 0.5) is 0 Å². The molecule has 2 aromatic carbocycles. The van der Waals surface area contributed by atoms with Gasteiger partial charge in [0, 0.05) is 43.2 Å². The molecule has 0 bridgehead atoms. The summed E-state index contributed by atoms with van der Waals surface area (Å²) in [6.07, 6.45) is 1.99. The Morgan fingerprint density at radius 3 is 1.89 bits per heavy atom. The van der Waals surface area contributed by atoms with Gasteiger partial charge in [0.2, 0.25) is 5.91 Å². The first-order chi connectivity index (χ1) is 13.1. The third kappa shape index (κ3) is 3.63. The van der Waals surface area contributed by atoms with E-state index < -0.39 is 0 Å². The lowest BCUT2D eigenvalue weighted by Crippen LogP contribution is -2.51. The average molecular weight is 362 g/mol. The van der Waals surface area contributed by atoms with Crippen molar-refractivity contribution in [2.24, 2.45) is 5.92 Å². The van der Waals surface area contributed by atoms with E-state index in [0.717, 1.165) is 12.8 Å². The summed E-state index contributed by atoms with van der Waals surface area (Å²) in [5.74, 6) is 0.133. The van der Waals surface area contributed by atoms with Crippen LogP contribution in [0.2, 0.25) is 0 Å². The number of amides is 2. The van der Waals surface area contributed by atoms with Gasteiger partial charge in [0.15, 0.2) is 5.78 Å². The molecule has 0 atom stereocenters. The van der Waals surface area contributed by atoms with Crippen LogP contribution in [-0.2, 0) is 4.79 Å². The van der Waals surface area contributed by atoms with Gasteiger partial charge in [-0.15, -0.1) is 0 Å². The second-order valence-electron chi connectivity index (χ2n) is 7.13. The molecule has 0 aromatic heterocycles. The predicted molar refractivity (Wildman–Crippen MR) is 102 cm³/mol. The summed E-state index contributed by atoms with van der Waals surface area (Å²) in [4.78, 5) is 41.7. The summed E-state index contributed by atoms with van der Waals surface area (Å²) in [5.41, 5.74) is 1.41. The average Bonchev–Trinajstić information content (AvgIpc) is 3.58. The smallest absolute Gasteiger partial charge is 0.254 e. The van der Waals surface area contributed by atoms with E-state index in [4.69, 9.17) is 0 Å². The second kappa shape index (κ2) is 7.35. The zero-order chi connectivity index (χ0) is 18.8. The third-order valence-corrected chi connectivity index (χ3v) is 5.24. The Morgan fingerprint density at radius 2 is 1.26 bits per heavy atom. The number of benzene rings is 2. The SMILES string of the molecule is O=C(c1ccccc1)c1ccccc1C(=O)N1CCN(C(=O)C2CC2)CC1. The molecule has 5 heteroatoms. The number of carbonyl (C=O) groups excluding carboxylic acids is 3. The predicted octanol–water partition coefficient (Wildman–Crippen LogP) is 2.61. The van der Waals surface area contributed by atoms with Gasteiger partial charge in [-0.25, -0.2) is 0 Å². The van der Waals surface area contributed by atoms with Crippen molar-refractivity contribution < 1.29 is 14.4 Å². The lowest BCUT2D eigenvalue weighted by Gasteiger charge is -2.35. The molecule has 2 aromatic rings. The molecule has 0 N–H and O–H groups in total. The molecule has 1 saturated carbocycles. The first-order valence-corrected chi connectivity index (χ1v) is 9.42. The molecule has 0 spiro atoms. The van der Waals surface area contributed by atoms with Crippen molar-refractivity contribution in [3.63, 3.8) is 0 Å². The zero-order valence-corrected chi connectivity index (χ0v) is 15.1. The summed E-state index contributed by atoms with van der Waals surface area (Å²) < 4.78 is 0. The molecular weight excluding hydrogens is 340 g/mol. The summed E-state index contributed by atoms with van der Waals surface area (Å²) in [5, 5.41) is 0. The van der Waals surface area contributed by atoms with Crippen molar-refractivity contribution in [2.45, 2.75) is 12.8 Å². The number of carbonyl (C=O) groups is 3. The van der Waals surface area contributed by atoms with E-state index >= 15 is 0 Å². The maximum Gasteiger partial charge on any atom is 0.254 e. The molecule has 2 amide bonds. The monoisotopic (exact) mass is 362 g/mol. The summed E-state index contributed by atoms with van der Waals surface area (Å²) >= 11 is 0. The number of rotatable bonds is 4. The van der Waals surface area contributed by atoms with Crippen molar-refractivity contribution in [2.75, 3.05) is 26.2 Å². The largest absolute Gasteiger partial charge is 0.339 e. The molecule has 0 radical (unpaired) electrons. The molecule has 2 aliphatic rings. The quantitative estimate of drug-likeness (QED) is 0.786. The molecule has 27 heavy (non-hydrogen) atoms. The van der Waals surface area contributed by atoms with Crippen molar-refractivity contribution in [1.82, 2.24) is 9.80 Å². The molecular formula is C22H22N2O3. The number of piperazine rings is 1. The van der Waals surface area contributed by atoms with Crippen molar-refractivity contribution >= 4 is 17.6 Å². The van der Waals surface area contributed by atoms with Gasteiger partial charge < -0.3 is 9.80 Å². The highest BCUT2D eigenvalue weighted by Gasteiger charge is 2.35. The lowest BCUT2D eigenvalue weighted by atomic mass is 9.97. The van der Waals surface area contributed by atoms with Gasteiger partial charge in [0.25, 0.3) is 5.91 Å². The fourth-order valence-electron chi connectivity index (χ4n) is 3.50. The van der Waals surface area contributed by atoms with Crippen molar-refractivity contribution in [3.05, 3.63) is 71.3 Å². The maximum atomic E-state index is 13.0. The molecule has 0 unspecified atom stereocenters. The van der Waals surface area contributed by atoms with E-state index in [9.17, 15) is 14.4 Å². The minimum Gasteiger partial charge on any atom is -0.339 e. The Kier molecular flexibility index (Phi) is 4.75. The topological polar surface area (TPSA) is 57.7 Å². The number of ketones is 1. The Bertz CT molecular complexity index is 866. The van der Waals surface area contributed by atoms with Crippen LogP contribution in [0.1, 0.15) is 39.1 Å². The van der Waals surface area contributed by atoms with Gasteiger partial charge in [-0.05, 0) is 18.9 Å². The van der Waals surface area contributed by atoms with Crippen LogP contribution in [-0.4, -0.2) is 53.6 Å². The van der Waals surface area contributed by atoms with Gasteiger partial charge in [0.1, 0.15) is 0 Å². The maximum absolute atomic E-state index is 13.0. The molecule has 1 saturated heterocycles. The Labute approximate surface area is 158 Å². The van der Waals surface area contributed by atoms with E-state index in [1.54, 1.807) is 41.3 Å². The normalized spacial score (nSPS) is 16.9. The highest BCUT2D eigenvalue weighted by atomic mass is 16.2. The summed E-state index contributed by atoms with van der Waals surface area (Å²) in [6, 6.07) is 16.0. The highest BCUT2D eigenvalue weighted by Crippen LogP contribution is 2.31. The van der Waals surface area contributed by atoms with Crippen LogP contribution >= 0.6 is 0 Å². The van der Waals surface area contributed by atoms with E-state index in [1.807, 2.05) is 23.1 Å². The van der Waals surface area contributed by atoms with E-state index in [-0.39, 0.29) is 23.5 Å². The highest BCUT2D eigenvalue weighted by molar-refractivity contribution is 6.15. The van der Waals surface area contributed by atoms with Crippen molar-refractivity contribution in [3.8, 4) is 0 Å². The Balaban J connectivity index is 1.50. The van der Waals surface area contributed by atoms with Gasteiger partial charge >= 0.3 is 0 Å². The van der Waals surface area contributed by atoms with Crippen molar-refractivity contribution in [1.29, 1.82) is 0 Å². The van der Waals surface area contributed by atoms with E-state index in [0.29, 0.717) is 42.9 Å².